The molecule has 0 heterocycles. The van der Waals surface area contributed by atoms with Gasteiger partial charge in [0.05, 0.1) is 12.9 Å². The Balaban J connectivity index is 1.30. The fourth-order valence-electron chi connectivity index (χ4n) is 4.85. The van der Waals surface area contributed by atoms with E-state index in [2.05, 4.69) is 12.1 Å². The van der Waals surface area contributed by atoms with Gasteiger partial charge in [0, 0.05) is 12.8 Å². The maximum Gasteiger partial charge on any atom is 0.233 e. The number of phenolic OH excluding ortho intramolecular Hbond substituents is 1. The molecule has 4 aromatic carbocycles. The van der Waals surface area contributed by atoms with Crippen molar-refractivity contribution in [1.29, 1.82) is 0 Å². The third kappa shape index (κ3) is 9.24. The van der Waals surface area contributed by atoms with Crippen molar-refractivity contribution in [3.05, 3.63) is 106 Å². The fraction of sp³-hybridized carbons (Fsp3) is 0.265. The van der Waals surface area contributed by atoms with Gasteiger partial charge in [-0.05, 0) is 116 Å². The van der Waals surface area contributed by atoms with Crippen LogP contribution in [0.1, 0.15) is 39.8 Å². The van der Waals surface area contributed by atoms with Gasteiger partial charge in [0.1, 0.15) is 34.5 Å². The topological polar surface area (TPSA) is 111 Å². The van der Waals surface area contributed by atoms with E-state index < -0.39 is 15.9 Å². The molecule has 1 amide bonds. The molecule has 0 unspecified atom stereocenters. The summed E-state index contributed by atoms with van der Waals surface area (Å²) in [7, 11) is -3.56. The molecule has 4 aromatic rings. The van der Waals surface area contributed by atoms with Crippen LogP contribution in [0.2, 0.25) is 0 Å². The van der Waals surface area contributed by atoms with Crippen molar-refractivity contribution >= 4 is 15.9 Å². The molecule has 0 aliphatic heterocycles. The first-order valence-corrected chi connectivity index (χ1v) is 15.8. The minimum absolute atomic E-state index is 0.0770. The minimum Gasteiger partial charge on any atom is -0.508 e. The predicted octanol–water partition coefficient (Wildman–Crippen LogP) is 6.84. The summed E-state index contributed by atoms with van der Waals surface area (Å²) in [4.78, 5) is 11.8. The lowest BCUT2D eigenvalue weighted by atomic mass is 10.0. The highest BCUT2D eigenvalue weighted by molar-refractivity contribution is 7.89. The van der Waals surface area contributed by atoms with Gasteiger partial charge in [-0.2, -0.15) is 0 Å². The van der Waals surface area contributed by atoms with Crippen LogP contribution in [-0.4, -0.2) is 32.3 Å². The number of carbonyl (C=O) groups is 1. The maximum atomic E-state index is 11.8. The molecule has 0 atom stereocenters. The molecule has 0 radical (unpaired) electrons. The number of nitrogens with one attached hydrogen (secondary N) is 1. The molecule has 8 nitrogen and oxygen atoms in total. The van der Waals surface area contributed by atoms with Crippen LogP contribution in [0.15, 0.2) is 72.8 Å². The van der Waals surface area contributed by atoms with Crippen LogP contribution < -0.4 is 18.9 Å². The highest BCUT2D eigenvalue weighted by Crippen LogP contribution is 2.32. The molecule has 0 fully saturated rings. The van der Waals surface area contributed by atoms with Gasteiger partial charge in [-0.1, -0.05) is 24.3 Å². The first-order chi connectivity index (χ1) is 20.4. The zero-order valence-corrected chi connectivity index (χ0v) is 25.9. The third-order valence-electron chi connectivity index (χ3n) is 6.74. The molecule has 9 heteroatoms. The Bertz CT molecular complexity index is 1650. The maximum absolute atomic E-state index is 11.8. The zero-order valence-electron chi connectivity index (χ0n) is 25.1. The normalized spacial score (nSPS) is 11.2. The Morgan fingerprint density at radius 1 is 0.698 bits per heavy atom. The Morgan fingerprint density at radius 2 is 1.12 bits per heavy atom. The Kier molecular flexibility index (Phi) is 9.98. The zero-order chi connectivity index (χ0) is 31.1. The van der Waals surface area contributed by atoms with Crippen LogP contribution in [0.4, 0.5) is 0 Å². The van der Waals surface area contributed by atoms with Crippen LogP contribution in [0.3, 0.4) is 0 Å². The number of amides is 1. The molecule has 4 rings (SSSR count). The van der Waals surface area contributed by atoms with Gasteiger partial charge >= 0.3 is 0 Å². The van der Waals surface area contributed by atoms with E-state index in [1.807, 2.05) is 68.8 Å². The summed E-state index contributed by atoms with van der Waals surface area (Å²) in [6.07, 6.45) is 2.20. The average molecular weight is 604 g/mol. The highest BCUT2D eigenvalue weighted by atomic mass is 32.2. The molecule has 0 aromatic heterocycles. The molecular weight excluding hydrogens is 566 g/mol. The average Bonchev–Trinajstić information content (AvgIpc) is 2.92. The van der Waals surface area contributed by atoms with Crippen molar-refractivity contribution < 1.29 is 32.5 Å². The second-order valence-corrected chi connectivity index (χ2v) is 12.4. The summed E-state index contributed by atoms with van der Waals surface area (Å²) in [6, 6.07) is 22.2. The first-order valence-electron chi connectivity index (χ1n) is 13.9. The quantitative estimate of drug-likeness (QED) is 0.182. The molecule has 0 saturated heterocycles. The third-order valence-corrected chi connectivity index (χ3v) is 7.34. The minimum atomic E-state index is -3.56. The monoisotopic (exact) mass is 603 g/mol. The standard InChI is InChI=1S/C34H37NO7S/c1-22-18-26(6-15-32(37)35-43(5,38)39)19-23(2)33(22)42-31-13-11-29(12-14-31)40-17-16-27-20-24(3)34(25(4)21-27)41-30-9-7-28(36)8-10-30/h7-14,18-21,36H,6,15-17H2,1-5H3,(H,35,37). The van der Waals surface area contributed by atoms with Crippen LogP contribution in [0.5, 0.6) is 34.5 Å². The predicted molar refractivity (Wildman–Crippen MR) is 167 cm³/mol. The van der Waals surface area contributed by atoms with E-state index in [0.717, 1.165) is 63.3 Å². The van der Waals surface area contributed by atoms with Gasteiger partial charge in [-0.3, -0.25) is 9.52 Å². The van der Waals surface area contributed by atoms with E-state index in [0.29, 0.717) is 24.5 Å². The SMILES string of the molecule is Cc1cc(CCOc2ccc(Oc3c(C)cc(CCC(=O)NS(C)(=O)=O)cc3C)cc2)cc(C)c1Oc1ccc(O)cc1. The van der Waals surface area contributed by atoms with Crippen LogP contribution in [-0.2, 0) is 27.7 Å². The van der Waals surface area contributed by atoms with Gasteiger partial charge < -0.3 is 19.3 Å². The molecule has 226 valence electrons. The lowest BCUT2D eigenvalue weighted by molar-refractivity contribution is -0.119. The number of phenols is 1. The number of hydrogen-bond donors (Lipinski definition) is 2. The van der Waals surface area contributed by atoms with E-state index in [4.69, 9.17) is 14.2 Å². The highest BCUT2D eigenvalue weighted by Gasteiger charge is 2.12. The fourth-order valence-corrected chi connectivity index (χ4v) is 5.36. The summed E-state index contributed by atoms with van der Waals surface area (Å²) in [5.41, 5.74) is 5.98. The molecule has 0 spiro atoms. The lowest BCUT2D eigenvalue weighted by Gasteiger charge is -2.15. The number of aryl methyl sites for hydroxylation is 5. The first kappa shape index (κ1) is 31.4. The summed E-state index contributed by atoms with van der Waals surface area (Å²) >= 11 is 0. The van der Waals surface area contributed by atoms with Gasteiger partial charge in [-0.15, -0.1) is 0 Å². The van der Waals surface area contributed by atoms with Crippen LogP contribution in [0.25, 0.3) is 0 Å². The van der Waals surface area contributed by atoms with E-state index in [1.54, 1.807) is 24.3 Å². The molecule has 2 N–H and O–H groups in total. The summed E-state index contributed by atoms with van der Waals surface area (Å²) in [5, 5.41) is 9.49. The van der Waals surface area contributed by atoms with E-state index >= 15 is 0 Å². The second-order valence-electron chi connectivity index (χ2n) is 10.7. The van der Waals surface area contributed by atoms with Gasteiger partial charge in [0.15, 0.2) is 0 Å². The van der Waals surface area contributed by atoms with Crippen LogP contribution in [0, 0.1) is 27.7 Å². The Hall–Kier alpha value is -4.50. The van der Waals surface area contributed by atoms with Crippen molar-refractivity contribution in [2.75, 3.05) is 12.9 Å². The molecule has 0 saturated carbocycles. The smallest absolute Gasteiger partial charge is 0.233 e. The molecule has 43 heavy (non-hydrogen) atoms. The summed E-state index contributed by atoms with van der Waals surface area (Å²) in [5.74, 6) is 3.30. The van der Waals surface area contributed by atoms with Crippen molar-refractivity contribution in [2.45, 2.75) is 47.0 Å². The van der Waals surface area contributed by atoms with Gasteiger partial charge in [0.25, 0.3) is 0 Å². The summed E-state index contributed by atoms with van der Waals surface area (Å²) in [6.45, 7) is 8.43. The van der Waals surface area contributed by atoms with Gasteiger partial charge in [0.2, 0.25) is 15.9 Å². The largest absolute Gasteiger partial charge is 0.508 e. The molecule has 0 bridgehead atoms. The molecular formula is C34H37NO7S. The van der Waals surface area contributed by atoms with Crippen molar-refractivity contribution in [3.63, 3.8) is 0 Å². The number of sulfonamides is 1. The van der Waals surface area contributed by atoms with E-state index in [-0.39, 0.29) is 12.2 Å². The number of carbonyl (C=O) groups excluding carboxylic acids is 1. The van der Waals surface area contributed by atoms with E-state index in [1.165, 1.54) is 0 Å². The Labute approximate surface area is 253 Å². The lowest BCUT2D eigenvalue weighted by Crippen LogP contribution is -2.29. The molecule has 0 aliphatic carbocycles. The van der Waals surface area contributed by atoms with E-state index in [9.17, 15) is 18.3 Å². The van der Waals surface area contributed by atoms with Gasteiger partial charge in [-0.25, -0.2) is 8.42 Å². The Morgan fingerprint density at radius 3 is 1.58 bits per heavy atom. The van der Waals surface area contributed by atoms with Crippen molar-refractivity contribution in [3.8, 4) is 34.5 Å². The number of aromatic hydroxyl groups is 1. The van der Waals surface area contributed by atoms with Crippen molar-refractivity contribution in [2.24, 2.45) is 0 Å². The molecule has 0 aliphatic rings. The number of hydrogen-bond acceptors (Lipinski definition) is 7. The van der Waals surface area contributed by atoms with Crippen molar-refractivity contribution in [1.82, 2.24) is 4.72 Å². The number of ether oxygens (including phenoxy) is 3. The summed E-state index contributed by atoms with van der Waals surface area (Å²) < 4.78 is 42.7. The van der Waals surface area contributed by atoms with Crippen LogP contribution >= 0.6 is 0 Å². The number of rotatable bonds is 12. The number of benzene rings is 4. The second kappa shape index (κ2) is 13.6.